The molecule has 2 unspecified atom stereocenters. The summed E-state index contributed by atoms with van der Waals surface area (Å²) in [5.41, 5.74) is 1.18. The van der Waals surface area contributed by atoms with Gasteiger partial charge in [0.25, 0.3) is 5.91 Å². The molecule has 2 aromatic rings. The van der Waals surface area contributed by atoms with Gasteiger partial charge in [-0.25, -0.2) is 9.79 Å². The van der Waals surface area contributed by atoms with Crippen molar-refractivity contribution in [2.45, 2.75) is 25.2 Å². The third-order valence-corrected chi connectivity index (χ3v) is 5.22. The molecule has 3 heterocycles. The number of hydrogen-bond acceptors (Lipinski definition) is 4. The van der Waals surface area contributed by atoms with Crippen LogP contribution in [-0.2, 0) is 17.8 Å². The monoisotopic (exact) mass is 381 g/mol. The lowest BCUT2D eigenvalue weighted by molar-refractivity contribution is -0.136. The minimum atomic E-state index is -0.508. The van der Waals surface area contributed by atoms with Crippen LogP contribution in [0.3, 0.4) is 0 Å². The van der Waals surface area contributed by atoms with Gasteiger partial charge in [0.05, 0.1) is 6.26 Å². The molecule has 2 fully saturated rings. The van der Waals surface area contributed by atoms with Crippen LogP contribution in [0.15, 0.2) is 58.1 Å². The second kappa shape index (κ2) is 7.38. The molecule has 28 heavy (non-hydrogen) atoms. The second-order valence-electron chi connectivity index (χ2n) is 6.97. The van der Waals surface area contributed by atoms with Crippen LogP contribution in [0, 0.1) is 0 Å². The number of carbonyl (C=O) groups excluding carboxylic acids is 2. The molecule has 1 aromatic carbocycles. The van der Waals surface area contributed by atoms with E-state index in [0.29, 0.717) is 19.0 Å². The number of guanidine groups is 1. The highest BCUT2D eigenvalue weighted by Crippen LogP contribution is 2.24. The first-order chi connectivity index (χ1) is 13.6. The predicted molar refractivity (Wildman–Crippen MR) is 103 cm³/mol. The van der Waals surface area contributed by atoms with Gasteiger partial charge in [0, 0.05) is 20.6 Å². The summed E-state index contributed by atoms with van der Waals surface area (Å²) >= 11 is 0. The van der Waals surface area contributed by atoms with Crippen molar-refractivity contribution < 1.29 is 14.0 Å². The molecule has 8 nitrogen and oxygen atoms in total. The van der Waals surface area contributed by atoms with Crippen LogP contribution in [0.2, 0.25) is 0 Å². The van der Waals surface area contributed by atoms with Gasteiger partial charge in [0.15, 0.2) is 12.0 Å². The highest BCUT2D eigenvalue weighted by molar-refractivity contribution is 6.04. The van der Waals surface area contributed by atoms with Crippen LogP contribution < -0.4 is 5.32 Å². The number of urea groups is 1. The predicted octanol–water partition coefficient (Wildman–Crippen LogP) is 1.50. The topological polar surface area (TPSA) is 81.4 Å². The van der Waals surface area contributed by atoms with Crippen molar-refractivity contribution in [1.29, 1.82) is 0 Å². The Morgan fingerprint density at radius 3 is 2.61 bits per heavy atom. The lowest BCUT2D eigenvalue weighted by Crippen LogP contribution is -2.65. The number of amides is 3. The second-order valence-corrected chi connectivity index (χ2v) is 6.97. The molecule has 0 spiro atoms. The van der Waals surface area contributed by atoms with Gasteiger partial charge in [0.1, 0.15) is 18.5 Å². The van der Waals surface area contributed by atoms with Gasteiger partial charge in [-0.05, 0) is 24.1 Å². The van der Waals surface area contributed by atoms with Crippen LogP contribution in [0.1, 0.15) is 11.3 Å². The summed E-state index contributed by atoms with van der Waals surface area (Å²) in [7, 11) is 3.21. The van der Waals surface area contributed by atoms with Gasteiger partial charge in [0.2, 0.25) is 0 Å². The quantitative estimate of drug-likeness (QED) is 0.849. The first-order valence-corrected chi connectivity index (χ1v) is 9.24. The average molecular weight is 381 g/mol. The van der Waals surface area contributed by atoms with Crippen molar-refractivity contribution in [1.82, 2.24) is 20.0 Å². The Morgan fingerprint density at radius 1 is 1.11 bits per heavy atom. The Kier molecular flexibility index (Phi) is 4.77. The molecule has 1 N–H and O–H groups in total. The molecular formula is C20H23N5O3. The lowest BCUT2D eigenvalue weighted by Gasteiger charge is -2.39. The number of fused-ring (bicyclic) bond motifs is 1. The normalized spacial score (nSPS) is 23.4. The number of imide groups is 1. The average Bonchev–Trinajstić information content (AvgIpc) is 3.36. The van der Waals surface area contributed by atoms with E-state index in [1.807, 2.05) is 35.2 Å². The molecule has 0 bridgehead atoms. The van der Waals surface area contributed by atoms with E-state index in [1.54, 1.807) is 18.2 Å². The third kappa shape index (κ3) is 3.21. The zero-order chi connectivity index (χ0) is 19.7. The first kappa shape index (κ1) is 18.1. The fraction of sp³-hybridized carbons (Fsp3) is 0.350. The van der Waals surface area contributed by atoms with Gasteiger partial charge in [-0.2, -0.15) is 0 Å². The van der Waals surface area contributed by atoms with E-state index in [4.69, 9.17) is 4.42 Å². The number of benzene rings is 1. The van der Waals surface area contributed by atoms with Gasteiger partial charge in [-0.3, -0.25) is 9.69 Å². The smallest absolute Gasteiger partial charge is 0.327 e. The van der Waals surface area contributed by atoms with Crippen LogP contribution >= 0.6 is 0 Å². The number of nitrogens with one attached hydrogen (secondary N) is 1. The van der Waals surface area contributed by atoms with Crippen LogP contribution in [0.5, 0.6) is 0 Å². The first-order valence-electron chi connectivity index (χ1n) is 9.24. The minimum absolute atomic E-state index is 0.225. The summed E-state index contributed by atoms with van der Waals surface area (Å²) in [5, 5.41) is 3.26. The molecule has 0 saturated carbocycles. The van der Waals surface area contributed by atoms with E-state index in [0.717, 1.165) is 12.2 Å². The zero-order valence-electron chi connectivity index (χ0n) is 15.9. The minimum Gasteiger partial charge on any atom is -0.467 e. The summed E-state index contributed by atoms with van der Waals surface area (Å²) in [6.45, 7) is 0.967. The molecule has 2 saturated heterocycles. The van der Waals surface area contributed by atoms with Crippen molar-refractivity contribution in [3.8, 4) is 0 Å². The fourth-order valence-corrected chi connectivity index (χ4v) is 3.65. The molecule has 4 rings (SSSR count). The summed E-state index contributed by atoms with van der Waals surface area (Å²) in [4.78, 5) is 34.5. The van der Waals surface area contributed by atoms with Crippen molar-refractivity contribution in [3.63, 3.8) is 0 Å². The van der Waals surface area contributed by atoms with E-state index in [-0.39, 0.29) is 11.9 Å². The van der Waals surface area contributed by atoms with Crippen LogP contribution in [0.25, 0.3) is 0 Å². The molecule has 0 aliphatic carbocycles. The number of hydrogen-bond donors (Lipinski definition) is 1. The maximum absolute atomic E-state index is 12.9. The van der Waals surface area contributed by atoms with E-state index in [2.05, 4.69) is 22.4 Å². The molecule has 146 valence electrons. The Balaban J connectivity index is 1.61. The molecule has 3 amide bonds. The SMILES string of the molecule is CN1C(=O)C2C(NC(=NCc3ccco3)N2CCc2ccccc2)N(C)C1=O. The summed E-state index contributed by atoms with van der Waals surface area (Å²) < 4.78 is 5.36. The standard InChI is InChI=1S/C20H23N5O3/c1-23-17-16(18(26)24(2)20(23)27)25(11-10-14-7-4-3-5-8-14)19(22-17)21-13-15-9-6-12-28-15/h3-9,12,16-17H,10-11,13H2,1-2H3,(H,21,22). The van der Waals surface area contributed by atoms with E-state index in [9.17, 15) is 9.59 Å². The van der Waals surface area contributed by atoms with E-state index >= 15 is 0 Å². The largest absolute Gasteiger partial charge is 0.467 e. The number of carbonyl (C=O) groups is 2. The molecule has 1 aromatic heterocycles. The number of rotatable bonds is 5. The van der Waals surface area contributed by atoms with Crippen molar-refractivity contribution >= 4 is 17.9 Å². The lowest BCUT2D eigenvalue weighted by atomic mass is 10.1. The highest BCUT2D eigenvalue weighted by atomic mass is 16.3. The van der Waals surface area contributed by atoms with Gasteiger partial charge < -0.3 is 19.5 Å². The van der Waals surface area contributed by atoms with Gasteiger partial charge >= 0.3 is 6.03 Å². The number of furan rings is 1. The molecule has 2 atom stereocenters. The van der Waals surface area contributed by atoms with Crippen molar-refractivity contribution in [3.05, 3.63) is 60.1 Å². The number of nitrogens with zero attached hydrogens (tertiary/aromatic N) is 4. The van der Waals surface area contributed by atoms with Crippen molar-refractivity contribution in [2.24, 2.45) is 4.99 Å². The highest BCUT2D eigenvalue weighted by Gasteiger charge is 2.51. The third-order valence-electron chi connectivity index (χ3n) is 5.22. The van der Waals surface area contributed by atoms with E-state index < -0.39 is 12.2 Å². The Labute approximate surface area is 163 Å². The Bertz CT molecular complexity index is 881. The van der Waals surface area contributed by atoms with Gasteiger partial charge in [-0.15, -0.1) is 0 Å². The van der Waals surface area contributed by atoms with Gasteiger partial charge in [-0.1, -0.05) is 30.3 Å². The number of aliphatic imine (C=N–C) groups is 1. The summed E-state index contributed by atoms with van der Waals surface area (Å²) in [6, 6.07) is 12.9. The summed E-state index contributed by atoms with van der Waals surface area (Å²) in [6.07, 6.45) is 1.93. The summed E-state index contributed by atoms with van der Waals surface area (Å²) in [5.74, 6) is 1.11. The fourth-order valence-electron chi connectivity index (χ4n) is 3.65. The van der Waals surface area contributed by atoms with Crippen molar-refractivity contribution in [2.75, 3.05) is 20.6 Å². The Hall–Kier alpha value is -3.29. The molecule has 2 aliphatic rings. The molecule has 2 aliphatic heterocycles. The van der Waals surface area contributed by atoms with Crippen LogP contribution in [0.4, 0.5) is 4.79 Å². The Morgan fingerprint density at radius 2 is 1.89 bits per heavy atom. The zero-order valence-corrected chi connectivity index (χ0v) is 15.9. The molecular weight excluding hydrogens is 358 g/mol. The number of likely N-dealkylation sites (N-methyl/N-ethyl adjacent to an activating group) is 2. The molecule has 8 heteroatoms. The maximum atomic E-state index is 12.9. The molecule has 0 radical (unpaired) electrons. The van der Waals surface area contributed by atoms with E-state index in [1.165, 1.54) is 17.5 Å². The van der Waals surface area contributed by atoms with Crippen LogP contribution in [-0.4, -0.2) is 65.4 Å². The maximum Gasteiger partial charge on any atom is 0.327 e.